The van der Waals surface area contributed by atoms with Crippen LogP contribution in [0.15, 0.2) is 18.5 Å². The van der Waals surface area contributed by atoms with Crippen molar-refractivity contribution in [3.63, 3.8) is 0 Å². The molecule has 0 saturated heterocycles. The number of aliphatic hydroxyl groups excluding tert-OH is 1. The van der Waals surface area contributed by atoms with Gasteiger partial charge in [-0.25, -0.2) is 0 Å². The SMILES string of the molecule is CCCNc1cnccc1C(=O)N(CCO)CCOC. The van der Waals surface area contributed by atoms with Gasteiger partial charge in [0.1, 0.15) is 0 Å². The third kappa shape index (κ3) is 4.79. The van der Waals surface area contributed by atoms with Crippen molar-refractivity contribution in [1.82, 2.24) is 9.88 Å². The summed E-state index contributed by atoms with van der Waals surface area (Å²) in [5, 5.41) is 12.3. The fourth-order valence-electron chi connectivity index (χ4n) is 1.79. The molecule has 0 bridgehead atoms. The Bertz CT molecular complexity index is 412. The van der Waals surface area contributed by atoms with E-state index in [2.05, 4.69) is 17.2 Å². The van der Waals surface area contributed by atoms with Gasteiger partial charge in [0.2, 0.25) is 0 Å². The second-order valence-electron chi connectivity index (χ2n) is 4.36. The van der Waals surface area contributed by atoms with Gasteiger partial charge < -0.3 is 20.1 Å². The number of hydrogen-bond acceptors (Lipinski definition) is 5. The van der Waals surface area contributed by atoms with Crippen LogP contribution >= 0.6 is 0 Å². The Balaban J connectivity index is 2.86. The van der Waals surface area contributed by atoms with Gasteiger partial charge >= 0.3 is 0 Å². The molecule has 1 amide bonds. The van der Waals surface area contributed by atoms with E-state index in [4.69, 9.17) is 9.84 Å². The molecule has 1 aromatic heterocycles. The van der Waals surface area contributed by atoms with Crippen molar-refractivity contribution in [3.05, 3.63) is 24.0 Å². The lowest BCUT2D eigenvalue weighted by Gasteiger charge is -2.22. The van der Waals surface area contributed by atoms with Crippen molar-refractivity contribution in [2.45, 2.75) is 13.3 Å². The maximum absolute atomic E-state index is 12.5. The average molecular weight is 281 g/mol. The molecule has 0 unspecified atom stereocenters. The van der Waals surface area contributed by atoms with E-state index in [-0.39, 0.29) is 19.1 Å². The topological polar surface area (TPSA) is 74.7 Å². The molecule has 0 aliphatic carbocycles. The predicted molar refractivity (Wildman–Crippen MR) is 77.9 cm³/mol. The number of pyridine rings is 1. The number of ether oxygens (including phenoxy) is 1. The third-order valence-corrected chi connectivity index (χ3v) is 2.84. The number of nitrogens with zero attached hydrogens (tertiary/aromatic N) is 2. The normalized spacial score (nSPS) is 10.3. The molecule has 6 heteroatoms. The molecule has 0 spiro atoms. The van der Waals surface area contributed by atoms with E-state index in [1.807, 2.05) is 0 Å². The van der Waals surface area contributed by atoms with Crippen LogP contribution in [0.1, 0.15) is 23.7 Å². The second-order valence-corrected chi connectivity index (χ2v) is 4.36. The van der Waals surface area contributed by atoms with Crippen LogP contribution < -0.4 is 5.32 Å². The van der Waals surface area contributed by atoms with Gasteiger partial charge in [-0.15, -0.1) is 0 Å². The maximum Gasteiger partial charge on any atom is 0.256 e. The summed E-state index contributed by atoms with van der Waals surface area (Å²) in [6.45, 7) is 3.95. The van der Waals surface area contributed by atoms with Gasteiger partial charge in [-0.05, 0) is 12.5 Å². The number of hydrogen-bond donors (Lipinski definition) is 2. The minimum atomic E-state index is -0.128. The Kier molecular flexibility index (Phi) is 7.60. The summed E-state index contributed by atoms with van der Waals surface area (Å²) in [5.41, 5.74) is 1.29. The van der Waals surface area contributed by atoms with E-state index in [0.29, 0.717) is 18.7 Å². The molecule has 0 atom stereocenters. The number of anilines is 1. The Morgan fingerprint density at radius 1 is 1.50 bits per heavy atom. The molecule has 0 aliphatic heterocycles. The van der Waals surface area contributed by atoms with Crippen molar-refractivity contribution >= 4 is 11.6 Å². The molecule has 0 radical (unpaired) electrons. The highest BCUT2D eigenvalue weighted by Gasteiger charge is 2.18. The smallest absolute Gasteiger partial charge is 0.256 e. The standard InChI is InChI=1S/C14H23N3O3/c1-3-5-16-13-11-15-6-4-12(13)14(19)17(7-9-18)8-10-20-2/h4,6,11,16,18H,3,5,7-10H2,1-2H3. The quantitative estimate of drug-likeness (QED) is 0.706. The van der Waals surface area contributed by atoms with Crippen LogP contribution in [-0.2, 0) is 4.74 Å². The van der Waals surface area contributed by atoms with E-state index >= 15 is 0 Å². The monoisotopic (exact) mass is 281 g/mol. The minimum Gasteiger partial charge on any atom is -0.395 e. The van der Waals surface area contributed by atoms with Crippen molar-refractivity contribution in [2.75, 3.05) is 45.3 Å². The van der Waals surface area contributed by atoms with Crippen molar-refractivity contribution in [2.24, 2.45) is 0 Å². The lowest BCUT2D eigenvalue weighted by atomic mass is 10.2. The van der Waals surface area contributed by atoms with E-state index in [1.54, 1.807) is 30.5 Å². The van der Waals surface area contributed by atoms with Crippen molar-refractivity contribution < 1.29 is 14.6 Å². The Morgan fingerprint density at radius 2 is 2.30 bits per heavy atom. The summed E-state index contributed by atoms with van der Waals surface area (Å²) >= 11 is 0. The van der Waals surface area contributed by atoms with Gasteiger partial charge in [0.25, 0.3) is 5.91 Å². The van der Waals surface area contributed by atoms with Gasteiger partial charge in [0.15, 0.2) is 0 Å². The molecule has 6 nitrogen and oxygen atoms in total. The molecule has 2 N–H and O–H groups in total. The van der Waals surface area contributed by atoms with E-state index in [9.17, 15) is 4.79 Å². The van der Waals surface area contributed by atoms with E-state index in [1.165, 1.54) is 0 Å². The number of amides is 1. The zero-order valence-electron chi connectivity index (χ0n) is 12.1. The summed E-state index contributed by atoms with van der Waals surface area (Å²) in [7, 11) is 1.59. The number of aliphatic hydroxyl groups is 1. The molecule has 0 aromatic carbocycles. The molecule has 112 valence electrons. The van der Waals surface area contributed by atoms with Crippen molar-refractivity contribution in [3.8, 4) is 0 Å². The van der Waals surface area contributed by atoms with Crippen LogP contribution in [-0.4, -0.2) is 60.9 Å². The number of rotatable bonds is 9. The predicted octanol–water partition coefficient (Wildman–Crippen LogP) is 0.984. The largest absolute Gasteiger partial charge is 0.395 e. The first-order valence-electron chi connectivity index (χ1n) is 6.81. The number of carbonyl (C=O) groups is 1. The van der Waals surface area contributed by atoms with Crippen LogP contribution in [0, 0.1) is 0 Å². The fraction of sp³-hybridized carbons (Fsp3) is 0.571. The molecule has 20 heavy (non-hydrogen) atoms. The Morgan fingerprint density at radius 3 is 2.95 bits per heavy atom. The number of aromatic nitrogens is 1. The highest BCUT2D eigenvalue weighted by atomic mass is 16.5. The van der Waals surface area contributed by atoms with Gasteiger partial charge in [-0.1, -0.05) is 6.92 Å². The first-order valence-corrected chi connectivity index (χ1v) is 6.81. The highest BCUT2D eigenvalue weighted by molar-refractivity contribution is 5.99. The number of methoxy groups -OCH3 is 1. The van der Waals surface area contributed by atoms with Crippen LogP contribution in [0.5, 0.6) is 0 Å². The molecular weight excluding hydrogens is 258 g/mol. The van der Waals surface area contributed by atoms with E-state index < -0.39 is 0 Å². The molecule has 1 heterocycles. The van der Waals surface area contributed by atoms with Gasteiger partial charge in [0, 0.05) is 32.9 Å². The Hall–Kier alpha value is -1.66. The van der Waals surface area contributed by atoms with Gasteiger partial charge in [0.05, 0.1) is 30.7 Å². The summed E-state index contributed by atoms with van der Waals surface area (Å²) in [6.07, 6.45) is 4.21. The summed E-state index contributed by atoms with van der Waals surface area (Å²) in [4.78, 5) is 18.1. The first-order chi connectivity index (χ1) is 9.74. The molecular formula is C14H23N3O3. The average Bonchev–Trinajstić information content (AvgIpc) is 2.49. The lowest BCUT2D eigenvalue weighted by molar-refractivity contribution is 0.0657. The summed E-state index contributed by atoms with van der Waals surface area (Å²) < 4.78 is 5.00. The fourth-order valence-corrected chi connectivity index (χ4v) is 1.79. The minimum absolute atomic E-state index is 0.0712. The number of nitrogens with one attached hydrogen (secondary N) is 1. The maximum atomic E-state index is 12.5. The van der Waals surface area contributed by atoms with Crippen LogP contribution in [0.25, 0.3) is 0 Å². The zero-order valence-corrected chi connectivity index (χ0v) is 12.1. The molecule has 1 aromatic rings. The first kappa shape index (κ1) is 16.4. The lowest BCUT2D eigenvalue weighted by Crippen LogP contribution is -2.36. The molecule has 1 rings (SSSR count). The second kappa shape index (κ2) is 9.28. The van der Waals surface area contributed by atoms with Gasteiger partial charge in [-0.2, -0.15) is 0 Å². The zero-order chi connectivity index (χ0) is 14.8. The van der Waals surface area contributed by atoms with Crippen LogP contribution in [0.3, 0.4) is 0 Å². The third-order valence-electron chi connectivity index (χ3n) is 2.84. The van der Waals surface area contributed by atoms with Crippen LogP contribution in [0.2, 0.25) is 0 Å². The van der Waals surface area contributed by atoms with Crippen molar-refractivity contribution in [1.29, 1.82) is 0 Å². The Labute approximate surface area is 119 Å². The number of carbonyl (C=O) groups excluding carboxylic acids is 1. The highest BCUT2D eigenvalue weighted by Crippen LogP contribution is 2.16. The van der Waals surface area contributed by atoms with E-state index in [0.717, 1.165) is 18.7 Å². The van der Waals surface area contributed by atoms with Crippen LogP contribution in [0.4, 0.5) is 5.69 Å². The summed E-state index contributed by atoms with van der Waals surface area (Å²) in [6, 6.07) is 1.69. The molecule has 0 aliphatic rings. The van der Waals surface area contributed by atoms with Gasteiger partial charge in [-0.3, -0.25) is 9.78 Å². The molecule has 0 saturated carbocycles. The summed E-state index contributed by atoms with van der Waals surface area (Å²) in [5.74, 6) is -0.128. The molecule has 0 fully saturated rings.